The van der Waals surface area contributed by atoms with Gasteiger partial charge in [-0.15, -0.1) is 5.10 Å². The van der Waals surface area contributed by atoms with Crippen molar-refractivity contribution >= 4 is 44.2 Å². The second kappa shape index (κ2) is 6.48. The van der Waals surface area contributed by atoms with Gasteiger partial charge in [0.25, 0.3) is 0 Å². The Balaban J connectivity index is 1.87. The molecular weight excluding hydrogens is 402 g/mol. The van der Waals surface area contributed by atoms with Gasteiger partial charge < -0.3 is 5.32 Å². The molecule has 10 heteroatoms. The molecule has 0 saturated carbocycles. The van der Waals surface area contributed by atoms with E-state index in [2.05, 4.69) is 41.5 Å². The number of rotatable bonds is 4. The maximum absolute atomic E-state index is 11.7. The molecule has 2 aromatic carbocycles. The van der Waals surface area contributed by atoms with Gasteiger partial charge in [0.2, 0.25) is 11.6 Å². The van der Waals surface area contributed by atoms with Crippen LogP contribution in [0.25, 0.3) is 16.9 Å². The molecule has 4 aromatic rings. The highest BCUT2D eigenvalue weighted by Gasteiger charge is 2.26. The molecule has 0 saturated heterocycles. The first-order chi connectivity index (χ1) is 12.6. The number of fused-ring (bicyclic) bond motifs is 1. The van der Waals surface area contributed by atoms with Gasteiger partial charge >= 0.3 is 5.69 Å². The van der Waals surface area contributed by atoms with Gasteiger partial charge in [-0.25, -0.2) is 9.97 Å². The number of hydrogen-bond acceptors (Lipinski definition) is 7. The van der Waals surface area contributed by atoms with Crippen LogP contribution < -0.4 is 5.32 Å². The smallest absolute Gasteiger partial charge is 0.334 e. The van der Waals surface area contributed by atoms with Gasteiger partial charge in [0.15, 0.2) is 0 Å². The minimum absolute atomic E-state index is 0.0381. The minimum Gasteiger partial charge on any atom is -0.334 e. The first kappa shape index (κ1) is 16.1. The molecule has 0 aliphatic carbocycles. The number of anilines is 2. The van der Waals surface area contributed by atoms with Gasteiger partial charge in [-0.3, -0.25) is 10.1 Å². The molecular formula is C16H10BrN7O2. The number of aromatic nitrogens is 5. The Morgan fingerprint density at radius 2 is 1.96 bits per heavy atom. The van der Waals surface area contributed by atoms with E-state index < -0.39 is 4.92 Å². The summed E-state index contributed by atoms with van der Waals surface area (Å²) in [5, 5.41) is 22.7. The van der Waals surface area contributed by atoms with Gasteiger partial charge in [-0.2, -0.15) is 4.68 Å². The van der Waals surface area contributed by atoms with Crippen LogP contribution >= 0.6 is 15.9 Å². The molecule has 0 bridgehead atoms. The number of nitro groups is 1. The van der Waals surface area contributed by atoms with Gasteiger partial charge in [0.05, 0.1) is 10.4 Å². The van der Waals surface area contributed by atoms with E-state index in [1.165, 1.54) is 11.0 Å². The van der Waals surface area contributed by atoms with Crippen LogP contribution in [0.4, 0.5) is 17.2 Å². The number of nitrogens with zero attached hydrogens (tertiary/aromatic N) is 6. The molecule has 0 unspecified atom stereocenters. The maximum Gasteiger partial charge on any atom is 0.356 e. The van der Waals surface area contributed by atoms with E-state index in [1.54, 1.807) is 30.3 Å². The average molecular weight is 412 g/mol. The summed E-state index contributed by atoms with van der Waals surface area (Å²) in [7, 11) is 0. The van der Waals surface area contributed by atoms with Crippen molar-refractivity contribution < 1.29 is 4.92 Å². The highest BCUT2D eigenvalue weighted by atomic mass is 79.9. The van der Waals surface area contributed by atoms with Gasteiger partial charge in [-0.1, -0.05) is 39.3 Å². The third kappa shape index (κ3) is 2.86. The molecule has 0 atom stereocenters. The van der Waals surface area contributed by atoms with Crippen LogP contribution in [-0.2, 0) is 0 Å². The molecule has 1 N–H and O–H groups in total. The summed E-state index contributed by atoms with van der Waals surface area (Å²) in [5.74, 6) is 0.105. The molecule has 0 amide bonds. The van der Waals surface area contributed by atoms with Crippen molar-refractivity contribution in [3.8, 4) is 5.82 Å². The van der Waals surface area contributed by atoms with E-state index in [9.17, 15) is 10.1 Å². The molecule has 128 valence electrons. The molecule has 0 aliphatic rings. The fourth-order valence-corrected chi connectivity index (χ4v) is 2.91. The summed E-state index contributed by atoms with van der Waals surface area (Å²) in [6.45, 7) is 0. The predicted octanol–water partition coefficient (Wildman–Crippen LogP) is 3.62. The van der Waals surface area contributed by atoms with E-state index >= 15 is 0 Å². The van der Waals surface area contributed by atoms with Crippen molar-refractivity contribution in [1.82, 2.24) is 25.0 Å². The Morgan fingerprint density at radius 1 is 1.12 bits per heavy atom. The van der Waals surface area contributed by atoms with E-state index in [0.717, 1.165) is 4.47 Å². The van der Waals surface area contributed by atoms with E-state index in [-0.39, 0.29) is 17.3 Å². The van der Waals surface area contributed by atoms with Crippen molar-refractivity contribution in [2.75, 3.05) is 5.32 Å². The van der Waals surface area contributed by atoms with Gasteiger partial charge in [-0.05, 0) is 30.3 Å². The van der Waals surface area contributed by atoms with E-state index in [0.29, 0.717) is 16.7 Å². The zero-order valence-corrected chi connectivity index (χ0v) is 14.7. The predicted molar refractivity (Wildman–Crippen MR) is 98.5 cm³/mol. The fraction of sp³-hybridized carbons (Fsp3) is 0. The van der Waals surface area contributed by atoms with Crippen LogP contribution in [0.3, 0.4) is 0 Å². The normalized spacial score (nSPS) is 10.8. The number of para-hydroxylation sites is 1. The van der Waals surface area contributed by atoms with Crippen LogP contribution in [0.5, 0.6) is 0 Å². The highest BCUT2D eigenvalue weighted by Crippen LogP contribution is 2.31. The molecule has 26 heavy (non-hydrogen) atoms. The van der Waals surface area contributed by atoms with Crippen LogP contribution in [0.15, 0.2) is 59.3 Å². The lowest BCUT2D eigenvalue weighted by molar-refractivity contribution is -0.384. The minimum atomic E-state index is -0.536. The van der Waals surface area contributed by atoms with Crippen molar-refractivity contribution in [1.29, 1.82) is 0 Å². The quantitative estimate of drug-likeness (QED) is 0.402. The highest BCUT2D eigenvalue weighted by molar-refractivity contribution is 9.10. The Labute approximate surface area is 155 Å². The first-order valence-electron chi connectivity index (χ1n) is 7.46. The SMILES string of the molecule is O=[N+]([O-])c1c(Nc2cccc(Br)c2)ncnc1-n1nnc2ccccc21. The fourth-order valence-electron chi connectivity index (χ4n) is 2.51. The van der Waals surface area contributed by atoms with E-state index in [4.69, 9.17) is 0 Å². The maximum atomic E-state index is 11.7. The molecule has 0 spiro atoms. The van der Waals surface area contributed by atoms with Gasteiger partial charge in [0, 0.05) is 10.2 Å². The summed E-state index contributed by atoms with van der Waals surface area (Å²) in [6.07, 6.45) is 1.25. The molecule has 0 fully saturated rings. The third-order valence-electron chi connectivity index (χ3n) is 3.63. The molecule has 2 heterocycles. The summed E-state index contributed by atoms with van der Waals surface area (Å²) >= 11 is 3.37. The lowest BCUT2D eigenvalue weighted by Gasteiger charge is -2.09. The topological polar surface area (TPSA) is 112 Å². The van der Waals surface area contributed by atoms with Gasteiger partial charge in [0.1, 0.15) is 11.8 Å². The summed E-state index contributed by atoms with van der Waals surface area (Å²) in [5.41, 5.74) is 1.59. The zero-order valence-electron chi connectivity index (χ0n) is 13.1. The lowest BCUT2D eigenvalue weighted by atomic mass is 10.3. The largest absolute Gasteiger partial charge is 0.356 e. The Bertz CT molecular complexity index is 1130. The summed E-state index contributed by atoms with van der Waals surface area (Å²) < 4.78 is 2.17. The van der Waals surface area contributed by atoms with Crippen LogP contribution in [0.2, 0.25) is 0 Å². The molecule has 0 radical (unpaired) electrons. The number of nitrogens with one attached hydrogen (secondary N) is 1. The summed E-state index contributed by atoms with van der Waals surface area (Å²) in [4.78, 5) is 19.3. The lowest BCUT2D eigenvalue weighted by Crippen LogP contribution is -2.08. The Morgan fingerprint density at radius 3 is 2.77 bits per heavy atom. The Hall–Kier alpha value is -3.40. The van der Waals surface area contributed by atoms with Crippen molar-refractivity contribution in [2.24, 2.45) is 0 Å². The third-order valence-corrected chi connectivity index (χ3v) is 4.12. The molecule has 9 nitrogen and oxygen atoms in total. The second-order valence-corrected chi connectivity index (χ2v) is 6.19. The number of benzene rings is 2. The first-order valence-corrected chi connectivity index (χ1v) is 8.25. The van der Waals surface area contributed by atoms with Crippen molar-refractivity contribution in [2.45, 2.75) is 0 Å². The van der Waals surface area contributed by atoms with Crippen molar-refractivity contribution in [3.05, 3.63) is 69.4 Å². The van der Waals surface area contributed by atoms with E-state index in [1.807, 2.05) is 18.2 Å². The number of hydrogen-bond donors (Lipinski definition) is 1. The Kier molecular flexibility index (Phi) is 4.01. The second-order valence-electron chi connectivity index (χ2n) is 5.28. The van der Waals surface area contributed by atoms with Crippen LogP contribution in [0, 0.1) is 10.1 Å². The average Bonchev–Trinajstić information content (AvgIpc) is 3.05. The molecule has 4 rings (SSSR count). The standard InChI is InChI=1S/C16H10BrN7O2/c17-10-4-3-5-11(8-10)20-15-14(24(25)26)16(19-9-18-15)23-13-7-2-1-6-12(13)21-22-23/h1-9H,(H,18,19,20). The molecule has 0 aliphatic heterocycles. The monoisotopic (exact) mass is 411 g/mol. The summed E-state index contributed by atoms with van der Waals surface area (Å²) in [6, 6.07) is 14.4. The van der Waals surface area contributed by atoms with Crippen molar-refractivity contribution in [3.63, 3.8) is 0 Å². The van der Waals surface area contributed by atoms with Crippen LogP contribution in [0.1, 0.15) is 0 Å². The molecule has 2 aromatic heterocycles. The number of halogens is 1. The zero-order chi connectivity index (χ0) is 18.1. The van der Waals surface area contributed by atoms with Crippen LogP contribution in [-0.4, -0.2) is 29.9 Å².